The summed E-state index contributed by atoms with van der Waals surface area (Å²) >= 11 is 0. The molecular weight excluding hydrogens is 358 g/mol. The molecule has 1 aromatic carbocycles. The highest BCUT2D eigenvalue weighted by molar-refractivity contribution is 5.98. The van der Waals surface area contributed by atoms with E-state index >= 15 is 0 Å². The van der Waals surface area contributed by atoms with Crippen molar-refractivity contribution >= 4 is 16.8 Å². The number of hydrogen-bond acceptors (Lipinski definition) is 4. The lowest BCUT2D eigenvalue weighted by molar-refractivity contribution is 0.0895. The molecule has 27 heavy (non-hydrogen) atoms. The fourth-order valence-electron chi connectivity index (χ4n) is 3.09. The van der Waals surface area contributed by atoms with Gasteiger partial charge in [-0.15, -0.1) is 0 Å². The number of rotatable bonds is 6. The SMILES string of the molecule is COc1c(F)c(F)cc2c(=O)c(C(=O)NC(CO)C(C)C)cn(C3CC3)c12. The molecule has 1 aromatic heterocycles. The minimum Gasteiger partial charge on any atom is -0.491 e. The van der Waals surface area contributed by atoms with Crippen molar-refractivity contribution in [2.45, 2.75) is 38.8 Å². The molecule has 1 heterocycles. The van der Waals surface area contributed by atoms with Crippen LogP contribution in [0, 0.1) is 17.6 Å². The summed E-state index contributed by atoms with van der Waals surface area (Å²) < 4.78 is 34.8. The molecule has 0 spiro atoms. The van der Waals surface area contributed by atoms with Crippen LogP contribution in [0.4, 0.5) is 8.78 Å². The Labute approximate surface area is 154 Å². The van der Waals surface area contributed by atoms with E-state index < -0.39 is 29.0 Å². The number of carbonyl (C=O) groups excluding carboxylic acids is 1. The third-order valence-corrected chi connectivity index (χ3v) is 4.87. The average molecular weight is 380 g/mol. The van der Waals surface area contributed by atoms with Crippen LogP contribution in [0.1, 0.15) is 43.1 Å². The van der Waals surface area contributed by atoms with Gasteiger partial charge in [0.05, 0.1) is 30.7 Å². The van der Waals surface area contributed by atoms with Crippen molar-refractivity contribution in [1.29, 1.82) is 0 Å². The first-order valence-corrected chi connectivity index (χ1v) is 8.82. The Bertz CT molecular complexity index is 951. The second kappa shape index (κ2) is 7.26. The molecule has 1 amide bonds. The van der Waals surface area contributed by atoms with Gasteiger partial charge in [-0.05, 0) is 24.8 Å². The summed E-state index contributed by atoms with van der Waals surface area (Å²) in [6.45, 7) is 3.38. The molecule has 1 saturated carbocycles. The Hall–Kier alpha value is -2.48. The van der Waals surface area contributed by atoms with Gasteiger partial charge in [-0.3, -0.25) is 9.59 Å². The minimum atomic E-state index is -1.22. The van der Waals surface area contributed by atoms with Gasteiger partial charge in [-0.2, -0.15) is 4.39 Å². The molecule has 0 bridgehead atoms. The summed E-state index contributed by atoms with van der Waals surface area (Å²) in [5.41, 5.74) is -0.748. The number of aromatic nitrogens is 1. The molecule has 0 aliphatic heterocycles. The number of aliphatic hydroxyl groups excluding tert-OH is 1. The number of amides is 1. The van der Waals surface area contributed by atoms with E-state index in [4.69, 9.17) is 4.74 Å². The molecule has 1 unspecified atom stereocenters. The van der Waals surface area contributed by atoms with Crippen molar-refractivity contribution in [2.75, 3.05) is 13.7 Å². The van der Waals surface area contributed by atoms with Crippen molar-refractivity contribution in [3.63, 3.8) is 0 Å². The van der Waals surface area contributed by atoms with E-state index in [1.165, 1.54) is 13.3 Å². The number of nitrogens with zero attached hydrogens (tertiary/aromatic N) is 1. The van der Waals surface area contributed by atoms with Crippen LogP contribution in [0.3, 0.4) is 0 Å². The molecule has 8 heteroatoms. The first-order valence-electron chi connectivity index (χ1n) is 8.82. The molecule has 6 nitrogen and oxygen atoms in total. The second-order valence-electron chi connectivity index (χ2n) is 7.12. The Morgan fingerprint density at radius 2 is 2.07 bits per heavy atom. The number of aliphatic hydroxyl groups is 1. The van der Waals surface area contributed by atoms with Crippen LogP contribution >= 0.6 is 0 Å². The Kier molecular flexibility index (Phi) is 5.19. The predicted octanol–water partition coefficient (Wildman–Crippen LogP) is 2.37. The molecule has 1 atom stereocenters. The summed E-state index contributed by atoms with van der Waals surface area (Å²) in [6.07, 6.45) is 2.96. The van der Waals surface area contributed by atoms with Gasteiger partial charge in [0.15, 0.2) is 11.6 Å². The molecule has 3 rings (SSSR count). The van der Waals surface area contributed by atoms with Crippen molar-refractivity contribution in [3.05, 3.63) is 39.7 Å². The van der Waals surface area contributed by atoms with Crippen molar-refractivity contribution in [2.24, 2.45) is 5.92 Å². The van der Waals surface area contributed by atoms with Crippen LogP contribution in [0.5, 0.6) is 5.75 Å². The lowest BCUT2D eigenvalue weighted by atomic mass is 10.0. The van der Waals surface area contributed by atoms with E-state index in [1.807, 2.05) is 13.8 Å². The number of pyridine rings is 1. The topological polar surface area (TPSA) is 80.6 Å². The smallest absolute Gasteiger partial charge is 0.257 e. The molecular formula is C19H22F2N2O4. The predicted molar refractivity (Wildman–Crippen MR) is 96.1 cm³/mol. The van der Waals surface area contributed by atoms with Gasteiger partial charge in [0, 0.05) is 12.2 Å². The van der Waals surface area contributed by atoms with Crippen LogP contribution in [0.25, 0.3) is 10.9 Å². The van der Waals surface area contributed by atoms with Gasteiger partial charge in [0.25, 0.3) is 5.91 Å². The molecule has 1 aliphatic rings. The molecule has 1 fully saturated rings. The van der Waals surface area contributed by atoms with Crippen molar-refractivity contribution < 1.29 is 23.4 Å². The zero-order valence-corrected chi connectivity index (χ0v) is 15.4. The fourth-order valence-corrected chi connectivity index (χ4v) is 3.09. The summed E-state index contributed by atoms with van der Waals surface area (Å²) in [5, 5.41) is 11.9. The van der Waals surface area contributed by atoms with E-state index in [0.29, 0.717) is 0 Å². The van der Waals surface area contributed by atoms with Gasteiger partial charge in [0.2, 0.25) is 11.2 Å². The first-order chi connectivity index (χ1) is 12.8. The maximum absolute atomic E-state index is 14.2. The monoisotopic (exact) mass is 380 g/mol. The lowest BCUT2D eigenvalue weighted by Gasteiger charge is -2.21. The molecule has 2 N–H and O–H groups in total. The average Bonchev–Trinajstić information content (AvgIpc) is 3.46. The summed E-state index contributed by atoms with van der Waals surface area (Å²) in [5.74, 6) is -3.44. The number of carbonyl (C=O) groups is 1. The highest BCUT2D eigenvalue weighted by Gasteiger charge is 2.30. The molecule has 0 saturated heterocycles. The lowest BCUT2D eigenvalue weighted by Crippen LogP contribution is -2.42. The number of fused-ring (bicyclic) bond motifs is 1. The van der Waals surface area contributed by atoms with Crippen LogP contribution in [-0.2, 0) is 0 Å². The Morgan fingerprint density at radius 3 is 2.59 bits per heavy atom. The molecule has 2 aromatic rings. The quantitative estimate of drug-likeness (QED) is 0.806. The van der Waals surface area contributed by atoms with E-state index in [1.54, 1.807) is 4.57 Å². The largest absolute Gasteiger partial charge is 0.491 e. The van der Waals surface area contributed by atoms with Crippen LogP contribution in [0.2, 0.25) is 0 Å². The van der Waals surface area contributed by atoms with Crippen LogP contribution in [-0.4, -0.2) is 35.3 Å². The van der Waals surface area contributed by atoms with E-state index in [-0.39, 0.29) is 40.8 Å². The Balaban J connectivity index is 2.21. The molecule has 0 radical (unpaired) electrons. The highest BCUT2D eigenvalue weighted by Crippen LogP contribution is 2.40. The number of nitrogens with one attached hydrogen (secondary N) is 1. The van der Waals surface area contributed by atoms with Gasteiger partial charge in [-0.25, -0.2) is 4.39 Å². The zero-order valence-electron chi connectivity index (χ0n) is 15.4. The maximum atomic E-state index is 14.2. The number of halogens is 2. The second-order valence-corrected chi connectivity index (χ2v) is 7.12. The third-order valence-electron chi connectivity index (χ3n) is 4.87. The van der Waals surface area contributed by atoms with Gasteiger partial charge in [-0.1, -0.05) is 13.8 Å². The maximum Gasteiger partial charge on any atom is 0.257 e. The van der Waals surface area contributed by atoms with Gasteiger partial charge < -0.3 is 19.7 Å². The fraction of sp³-hybridized carbons (Fsp3) is 0.474. The highest BCUT2D eigenvalue weighted by atomic mass is 19.2. The van der Waals surface area contributed by atoms with Crippen LogP contribution in [0.15, 0.2) is 17.1 Å². The van der Waals surface area contributed by atoms with Crippen molar-refractivity contribution in [3.8, 4) is 5.75 Å². The standard InChI is InChI=1S/C19H22F2N2O4/c1-9(2)14(8-24)22-19(26)12-7-23(10-4-5-10)16-11(17(12)25)6-13(20)15(21)18(16)27-3/h6-7,9-10,14,24H,4-5,8H2,1-3H3,(H,22,26). The summed E-state index contributed by atoms with van der Waals surface area (Å²) in [6, 6.07) is 0.260. The summed E-state index contributed by atoms with van der Waals surface area (Å²) in [4.78, 5) is 25.5. The molecule has 1 aliphatic carbocycles. The summed E-state index contributed by atoms with van der Waals surface area (Å²) in [7, 11) is 1.20. The number of benzene rings is 1. The van der Waals surface area contributed by atoms with E-state index in [2.05, 4.69) is 5.32 Å². The number of methoxy groups -OCH3 is 1. The van der Waals surface area contributed by atoms with E-state index in [0.717, 1.165) is 18.9 Å². The number of hydrogen-bond donors (Lipinski definition) is 2. The normalized spacial score (nSPS) is 15.2. The number of ether oxygens (including phenoxy) is 1. The Morgan fingerprint density at radius 1 is 1.41 bits per heavy atom. The minimum absolute atomic E-state index is 0.0165. The molecule has 146 valence electrons. The van der Waals surface area contributed by atoms with Gasteiger partial charge >= 0.3 is 0 Å². The van der Waals surface area contributed by atoms with Gasteiger partial charge in [0.1, 0.15) is 5.56 Å². The van der Waals surface area contributed by atoms with Crippen LogP contribution < -0.4 is 15.5 Å². The van der Waals surface area contributed by atoms with E-state index in [9.17, 15) is 23.5 Å². The first kappa shape index (κ1) is 19.3. The van der Waals surface area contributed by atoms with Crippen molar-refractivity contribution in [1.82, 2.24) is 9.88 Å². The zero-order chi connectivity index (χ0) is 19.9. The third kappa shape index (κ3) is 3.41.